The first kappa shape index (κ1) is 17.2. The highest BCUT2D eigenvalue weighted by Crippen LogP contribution is 2.34. The first-order valence-electron chi connectivity index (χ1n) is 8.70. The van der Waals surface area contributed by atoms with Crippen LogP contribution < -0.4 is 5.32 Å². The van der Waals surface area contributed by atoms with Crippen LogP contribution in [0.25, 0.3) is 11.0 Å². The van der Waals surface area contributed by atoms with Crippen LogP contribution in [0.4, 0.5) is 5.95 Å². The van der Waals surface area contributed by atoms with Crippen LogP contribution in [0.1, 0.15) is 42.1 Å². The Morgan fingerprint density at radius 2 is 1.96 bits per heavy atom. The summed E-state index contributed by atoms with van der Waals surface area (Å²) in [6, 6.07) is 11.4. The summed E-state index contributed by atoms with van der Waals surface area (Å²) in [7, 11) is 0. The lowest BCUT2D eigenvalue weighted by atomic mass is 9.93. The molecule has 1 saturated carbocycles. The number of nitrogens with zero attached hydrogens (tertiary/aromatic N) is 3. The number of aliphatic hydroxyl groups excluding tert-OH is 1. The van der Waals surface area contributed by atoms with Crippen LogP contribution in [0, 0.1) is 0 Å². The van der Waals surface area contributed by atoms with Crippen molar-refractivity contribution in [1.29, 1.82) is 0 Å². The van der Waals surface area contributed by atoms with E-state index in [1.165, 1.54) is 0 Å². The summed E-state index contributed by atoms with van der Waals surface area (Å²) in [4.78, 5) is 21.4. The minimum atomic E-state index is -0.228. The number of fused-ring (bicyclic) bond motifs is 1. The number of para-hydroxylation sites is 2. The normalized spacial score (nSPS) is 20.2. The van der Waals surface area contributed by atoms with E-state index in [0.717, 1.165) is 36.7 Å². The molecular formula is C19H19BrN4O2. The molecule has 2 aromatic heterocycles. The zero-order valence-corrected chi connectivity index (χ0v) is 15.7. The van der Waals surface area contributed by atoms with Crippen molar-refractivity contribution in [3.05, 3.63) is 52.8 Å². The van der Waals surface area contributed by atoms with Crippen LogP contribution in [0.2, 0.25) is 0 Å². The molecule has 7 heteroatoms. The van der Waals surface area contributed by atoms with Gasteiger partial charge >= 0.3 is 0 Å². The smallest absolute Gasteiger partial charge is 0.258 e. The number of carbonyl (C=O) groups is 1. The molecule has 3 aromatic rings. The van der Waals surface area contributed by atoms with Gasteiger partial charge in [0.05, 0.1) is 17.1 Å². The lowest BCUT2D eigenvalue weighted by Crippen LogP contribution is -2.23. The largest absolute Gasteiger partial charge is 0.393 e. The highest BCUT2D eigenvalue weighted by molar-refractivity contribution is 9.10. The summed E-state index contributed by atoms with van der Waals surface area (Å²) in [6.45, 7) is 0. The number of rotatable bonds is 3. The highest BCUT2D eigenvalue weighted by atomic mass is 79.9. The van der Waals surface area contributed by atoms with Crippen molar-refractivity contribution in [2.45, 2.75) is 37.8 Å². The summed E-state index contributed by atoms with van der Waals surface area (Å²) in [5, 5.41) is 12.8. The van der Waals surface area contributed by atoms with E-state index < -0.39 is 0 Å². The second-order valence-corrected chi connectivity index (χ2v) is 7.39. The Labute approximate surface area is 159 Å². The van der Waals surface area contributed by atoms with Crippen LogP contribution in [0.15, 0.2) is 47.2 Å². The van der Waals surface area contributed by atoms with Crippen molar-refractivity contribution in [1.82, 2.24) is 14.5 Å². The number of hydrogen-bond donors (Lipinski definition) is 2. The van der Waals surface area contributed by atoms with Crippen molar-refractivity contribution < 1.29 is 9.90 Å². The van der Waals surface area contributed by atoms with Crippen LogP contribution >= 0.6 is 15.9 Å². The lowest BCUT2D eigenvalue weighted by Gasteiger charge is -2.28. The number of imidazole rings is 1. The third-order valence-corrected chi connectivity index (χ3v) is 5.27. The predicted molar refractivity (Wildman–Crippen MR) is 103 cm³/mol. The number of carbonyl (C=O) groups excluding carboxylic acids is 1. The van der Waals surface area contributed by atoms with Gasteiger partial charge in [0, 0.05) is 17.8 Å². The van der Waals surface area contributed by atoms with E-state index in [4.69, 9.17) is 0 Å². The van der Waals surface area contributed by atoms with Crippen LogP contribution in [-0.4, -0.2) is 31.7 Å². The third-order valence-electron chi connectivity index (χ3n) is 4.84. The van der Waals surface area contributed by atoms with E-state index >= 15 is 0 Å². The molecule has 26 heavy (non-hydrogen) atoms. The fourth-order valence-corrected chi connectivity index (χ4v) is 3.90. The van der Waals surface area contributed by atoms with Crippen molar-refractivity contribution >= 4 is 38.8 Å². The molecule has 0 radical (unpaired) electrons. The Balaban J connectivity index is 1.70. The van der Waals surface area contributed by atoms with Gasteiger partial charge in [-0.2, -0.15) is 0 Å². The van der Waals surface area contributed by atoms with Gasteiger partial charge in [0.15, 0.2) is 0 Å². The van der Waals surface area contributed by atoms with Gasteiger partial charge < -0.3 is 9.67 Å². The highest BCUT2D eigenvalue weighted by Gasteiger charge is 2.25. The fraction of sp³-hybridized carbons (Fsp3) is 0.316. The third kappa shape index (κ3) is 3.37. The van der Waals surface area contributed by atoms with Gasteiger partial charge in [-0.3, -0.25) is 10.1 Å². The lowest BCUT2D eigenvalue weighted by molar-refractivity contribution is 0.102. The van der Waals surface area contributed by atoms with Crippen molar-refractivity contribution in [3.63, 3.8) is 0 Å². The molecule has 1 fully saturated rings. The van der Waals surface area contributed by atoms with Crippen LogP contribution in [-0.2, 0) is 0 Å². The first-order chi connectivity index (χ1) is 12.6. The number of nitrogens with one attached hydrogen (secondary N) is 1. The average Bonchev–Trinajstić information content (AvgIpc) is 3.00. The Morgan fingerprint density at radius 1 is 1.19 bits per heavy atom. The van der Waals surface area contributed by atoms with E-state index in [1.54, 1.807) is 18.3 Å². The van der Waals surface area contributed by atoms with Crippen LogP contribution in [0.5, 0.6) is 0 Å². The van der Waals surface area contributed by atoms with E-state index in [9.17, 15) is 9.90 Å². The molecule has 2 heterocycles. The molecule has 0 unspecified atom stereocenters. The molecule has 1 aromatic carbocycles. The zero-order chi connectivity index (χ0) is 18.1. The molecule has 0 bridgehead atoms. The van der Waals surface area contributed by atoms with E-state index in [-0.39, 0.29) is 18.1 Å². The van der Waals surface area contributed by atoms with Gasteiger partial charge in [-0.1, -0.05) is 12.1 Å². The molecule has 1 aliphatic rings. The topological polar surface area (TPSA) is 80.0 Å². The number of aromatic nitrogens is 3. The van der Waals surface area contributed by atoms with E-state index in [1.807, 2.05) is 24.3 Å². The maximum absolute atomic E-state index is 12.7. The summed E-state index contributed by atoms with van der Waals surface area (Å²) in [6.07, 6.45) is 4.62. The molecule has 0 aliphatic heterocycles. The Hall–Kier alpha value is -2.25. The van der Waals surface area contributed by atoms with Crippen molar-refractivity contribution in [3.8, 4) is 0 Å². The van der Waals surface area contributed by atoms with Gasteiger partial charge in [-0.25, -0.2) is 9.97 Å². The molecular weight excluding hydrogens is 396 g/mol. The fourth-order valence-electron chi connectivity index (χ4n) is 3.54. The van der Waals surface area contributed by atoms with Crippen molar-refractivity contribution in [2.75, 3.05) is 5.32 Å². The molecule has 1 amide bonds. The second kappa shape index (κ2) is 7.17. The maximum Gasteiger partial charge on any atom is 0.258 e. The molecule has 134 valence electrons. The maximum atomic E-state index is 12.7. The molecule has 1 aliphatic carbocycles. The summed E-state index contributed by atoms with van der Waals surface area (Å²) in [5.41, 5.74) is 2.37. The monoisotopic (exact) mass is 414 g/mol. The second-order valence-electron chi connectivity index (χ2n) is 6.58. The van der Waals surface area contributed by atoms with Crippen molar-refractivity contribution in [2.24, 2.45) is 0 Å². The Kier molecular flexibility index (Phi) is 4.74. The number of amides is 1. The molecule has 0 saturated heterocycles. The summed E-state index contributed by atoms with van der Waals surface area (Å²) >= 11 is 3.29. The van der Waals surface area contributed by atoms with Gasteiger partial charge in [0.25, 0.3) is 5.91 Å². The van der Waals surface area contributed by atoms with Gasteiger partial charge in [-0.05, 0) is 65.9 Å². The molecule has 6 nitrogen and oxygen atoms in total. The molecule has 0 spiro atoms. The minimum Gasteiger partial charge on any atom is -0.393 e. The minimum absolute atomic E-state index is 0.213. The number of halogens is 1. The van der Waals surface area contributed by atoms with Crippen LogP contribution in [0.3, 0.4) is 0 Å². The first-order valence-corrected chi connectivity index (χ1v) is 9.49. The summed E-state index contributed by atoms with van der Waals surface area (Å²) < 4.78 is 2.72. The van der Waals surface area contributed by atoms with Gasteiger partial charge in [0.2, 0.25) is 5.95 Å². The molecule has 2 N–H and O–H groups in total. The number of anilines is 1. The van der Waals surface area contributed by atoms with Gasteiger partial charge in [-0.15, -0.1) is 0 Å². The van der Waals surface area contributed by atoms with E-state index in [0.29, 0.717) is 16.1 Å². The number of benzene rings is 1. The Morgan fingerprint density at radius 3 is 2.73 bits per heavy atom. The molecule has 4 rings (SSSR count). The number of aliphatic hydroxyl groups is 1. The number of pyridine rings is 1. The average molecular weight is 415 g/mol. The van der Waals surface area contributed by atoms with Gasteiger partial charge in [0.1, 0.15) is 4.60 Å². The standard InChI is InChI=1S/C19H19BrN4O2/c20-17-11-12(9-10-21-17)18(26)23-19-22-15-3-1-2-4-16(15)24(19)13-5-7-14(25)8-6-13/h1-4,9-11,13-14,25H,5-8H2,(H,22,23,26). The SMILES string of the molecule is O=C(Nc1nc2ccccc2n1C1CCC(O)CC1)c1ccnc(Br)c1. The molecule has 0 atom stereocenters. The zero-order valence-electron chi connectivity index (χ0n) is 14.1. The Bertz CT molecular complexity index is 948. The quantitative estimate of drug-likeness (QED) is 0.636. The predicted octanol–water partition coefficient (Wildman–Crippen LogP) is 3.92. The number of hydrogen-bond acceptors (Lipinski definition) is 4. The van der Waals surface area contributed by atoms with E-state index in [2.05, 4.69) is 35.8 Å². The summed E-state index contributed by atoms with van der Waals surface area (Å²) in [5.74, 6) is 0.325.